The van der Waals surface area contributed by atoms with Crippen molar-refractivity contribution in [3.05, 3.63) is 16.8 Å². The van der Waals surface area contributed by atoms with Gasteiger partial charge in [0.25, 0.3) is 0 Å². The molecule has 106 valence electrons. The molecular formula is C14H18N4O2. The second-order valence-electron chi connectivity index (χ2n) is 5.56. The van der Waals surface area contributed by atoms with Crippen molar-refractivity contribution in [3.8, 4) is 6.07 Å². The van der Waals surface area contributed by atoms with Gasteiger partial charge < -0.3 is 10.4 Å². The monoisotopic (exact) mass is 274 g/mol. The highest BCUT2D eigenvalue weighted by atomic mass is 16.4. The van der Waals surface area contributed by atoms with Gasteiger partial charge in [0, 0.05) is 6.04 Å². The predicted octanol–water partition coefficient (Wildman–Crippen LogP) is 2.02. The normalized spacial score (nSPS) is 25.2. The smallest absolute Gasteiger partial charge is 0.311 e. The lowest BCUT2D eigenvalue weighted by Gasteiger charge is -2.28. The van der Waals surface area contributed by atoms with E-state index in [0.717, 1.165) is 18.4 Å². The Balaban J connectivity index is 2.34. The van der Waals surface area contributed by atoms with E-state index < -0.39 is 11.4 Å². The van der Waals surface area contributed by atoms with Gasteiger partial charge in [-0.05, 0) is 39.2 Å². The zero-order valence-corrected chi connectivity index (χ0v) is 11.9. The number of nitrogens with one attached hydrogen (secondary N) is 1. The van der Waals surface area contributed by atoms with Crippen LogP contribution in [0.5, 0.6) is 0 Å². The zero-order valence-electron chi connectivity index (χ0n) is 11.9. The van der Waals surface area contributed by atoms with Crippen LogP contribution in [-0.4, -0.2) is 27.3 Å². The van der Waals surface area contributed by atoms with E-state index in [1.54, 1.807) is 13.8 Å². The first-order valence-corrected chi connectivity index (χ1v) is 6.64. The van der Waals surface area contributed by atoms with Crippen molar-refractivity contribution in [2.24, 2.45) is 5.41 Å². The summed E-state index contributed by atoms with van der Waals surface area (Å²) in [7, 11) is 0. The average Bonchev–Trinajstić information content (AvgIpc) is 2.77. The number of carboxylic acid groups (broad SMARTS) is 1. The van der Waals surface area contributed by atoms with E-state index in [2.05, 4.69) is 21.6 Å². The van der Waals surface area contributed by atoms with Crippen molar-refractivity contribution in [2.75, 3.05) is 5.32 Å². The number of nitriles is 1. The van der Waals surface area contributed by atoms with Crippen molar-refractivity contribution in [1.29, 1.82) is 5.26 Å². The predicted molar refractivity (Wildman–Crippen MR) is 73.2 cm³/mol. The molecule has 1 fully saturated rings. The first-order chi connectivity index (χ1) is 9.40. The van der Waals surface area contributed by atoms with Crippen molar-refractivity contribution in [2.45, 2.75) is 46.1 Å². The van der Waals surface area contributed by atoms with Crippen LogP contribution in [0.2, 0.25) is 0 Å². The topological polar surface area (TPSA) is 98.9 Å². The van der Waals surface area contributed by atoms with Crippen LogP contribution in [0, 0.1) is 30.6 Å². The molecule has 6 heteroatoms. The molecule has 1 heterocycles. The quantitative estimate of drug-likeness (QED) is 0.874. The van der Waals surface area contributed by atoms with Crippen LogP contribution in [-0.2, 0) is 4.79 Å². The molecule has 1 aliphatic rings. The molecule has 2 unspecified atom stereocenters. The van der Waals surface area contributed by atoms with Gasteiger partial charge in [-0.3, -0.25) is 4.79 Å². The summed E-state index contributed by atoms with van der Waals surface area (Å²) in [6.45, 7) is 5.35. The number of hydrogen-bond donors (Lipinski definition) is 2. The molecule has 1 saturated carbocycles. The summed E-state index contributed by atoms with van der Waals surface area (Å²) in [6, 6.07) is 1.89. The summed E-state index contributed by atoms with van der Waals surface area (Å²) < 4.78 is 0. The Morgan fingerprint density at radius 3 is 2.80 bits per heavy atom. The second-order valence-corrected chi connectivity index (χ2v) is 5.56. The second kappa shape index (κ2) is 5.08. The number of aliphatic carboxylic acids is 1. The van der Waals surface area contributed by atoms with E-state index in [1.807, 2.05) is 6.92 Å². The Morgan fingerprint density at radius 2 is 2.20 bits per heavy atom. The highest BCUT2D eigenvalue weighted by molar-refractivity contribution is 5.76. The van der Waals surface area contributed by atoms with E-state index >= 15 is 0 Å². The molecule has 0 aliphatic heterocycles. The molecule has 0 spiro atoms. The molecule has 0 aromatic carbocycles. The fourth-order valence-electron chi connectivity index (χ4n) is 2.67. The van der Waals surface area contributed by atoms with E-state index in [1.165, 1.54) is 0 Å². The van der Waals surface area contributed by atoms with Crippen molar-refractivity contribution in [1.82, 2.24) is 10.2 Å². The Morgan fingerprint density at radius 1 is 1.50 bits per heavy atom. The molecule has 2 atom stereocenters. The largest absolute Gasteiger partial charge is 0.481 e. The molecule has 0 bridgehead atoms. The summed E-state index contributed by atoms with van der Waals surface area (Å²) in [5, 5.41) is 29.8. The third-order valence-corrected chi connectivity index (χ3v) is 4.32. The van der Waals surface area contributed by atoms with Gasteiger partial charge in [-0.25, -0.2) is 0 Å². The third kappa shape index (κ3) is 2.20. The molecule has 0 amide bonds. The third-order valence-electron chi connectivity index (χ3n) is 4.32. The minimum absolute atomic E-state index is 0.233. The summed E-state index contributed by atoms with van der Waals surface area (Å²) in [4.78, 5) is 11.5. The van der Waals surface area contributed by atoms with Crippen molar-refractivity contribution >= 4 is 11.8 Å². The average molecular weight is 274 g/mol. The van der Waals surface area contributed by atoms with E-state index in [0.29, 0.717) is 23.5 Å². The molecule has 1 aromatic heterocycles. The van der Waals surface area contributed by atoms with Crippen LogP contribution in [0.25, 0.3) is 0 Å². The molecule has 6 nitrogen and oxygen atoms in total. The summed E-state index contributed by atoms with van der Waals surface area (Å²) in [6.07, 6.45) is 2.23. The van der Waals surface area contributed by atoms with Crippen LogP contribution in [0.1, 0.15) is 43.0 Å². The number of anilines is 1. The fraction of sp³-hybridized carbons (Fsp3) is 0.571. The Bertz CT molecular complexity index is 594. The van der Waals surface area contributed by atoms with Crippen LogP contribution in [0.4, 0.5) is 5.82 Å². The fourth-order valence-corrected chi connectivity index (χ4v) is 2.67. The Labute approximate surface area is 117 Å². The minimum atomic E-state index is -0.826. The van der Waals surface area contributed by atoms with Gasteiger partial charge in [0.2, 0.25) is 0 Å². The molecule has 2 rings (SSSR count). The van der Waals surface area contributed by atoms with E-state index in [9.17, 15) is 15.2 Å². The molecular weight excluding hydrogens is 256 g/mol. The van der Waals surface area contributed by atoms with Gasteiger partial charge in [0.1, 0.15) is 11.6 Å². The minimum Gasteiger partial charge on any atom is -0.481 e. The number of carboxylic acids is 1. The highest BCUT2D eigenvalue weighted by Gasteiger charge is 2.45. The van der Waals surface area contributed by atoms with Crippen molar-refractivity contribution in [3.63, 3.8) is 0 Å². The standard InChI is InChI=1S/C14H18N4O2/c1-8-9(2)17-18-12(10(8)7-15)16-11-5-4-6-14(11,3)13(19)20/h11H,4-6H2,1-3H3,(H,16,18)(H,19,20). The summed E-state index contributed by atoms with van der Waals surface area (Å²) in [5.74, 6) is -0.433. The lowest BCUT2D eigenvalue weighted by molar-refractivity contribution is -0.147. The van der Waals surface area contributed by atoms with E-state index in [-0.39, 0.29) is 6.04 Å². The SMILES string of the molecule is Cc1nnc(NC2CCCC2(C)C(=O)O)c(C#N)c1C. The van der Waals surface area contributed by atoms with Gasteiger partial charge in [-0.1, -0.05) is 6.42 Å². The maximum atomic E-state index is 11.5. The van der Waals surface area contributed by atoms with Gasteiger partial charge in [-0.15, -0.1) is 5.10 Å². The Kier molecular flexibility index (Phi) is 3.62. The van der Waals surface area contributed by atoms with Gasteiger partial charge in [0.05, 0.1) is 11.1 Å². The first kappa shape index (κ1) is 14.3. The number of rotatable bonds is 3. The molecule has 0 saturated heterocycles. The zero-order chi connectivity index (χ0) is 14.9. The highest BCUT2D eigenvalue weighted by Crippen LogP contribution is 2.40. The lowest BCUT2D eigenvalue weighted by Crippen LogP contribution is -2.40. The first-order valence-electron chi connectivity index (χ1n) is 6.64. The number of carbonyl (C=O) groups is 1. The maximum Gasteiger partial charge on any atom is 0.311 e. The van der Waals surface area contributed by atoms with Gasteiger partial charge >= 0.3 is 5.97 Å². The molecule has 2 N–H and O–H groups in total. The maximum absolute atomic E-state index is 11.5. The number of nitrogens with zero attached hydrogens (tertiary/aromatic N) is 3. The molecule has 1 aromatic rings. The van der Waals surface area contributed by atoms with Crippen LogP contribution in [0.15, 0.2) is 0 Å². The van der Waals surface area contributed by atoms with Crippen LogP contribution < -0.4 is 5.32 Å². The summed E-state index contributed by atoms with van der Waals surface area (Å²) >= 11 is 0. The number of aryl methyl sites for hydroxylation is 1. The Hall–Kier alpha value is -2.16. The number of aromatic nitrogens is 2. The summed E-state index contributed by atoms with van der Waals surface area (Å²) in [5.41, 5.74) is 1.10. The molecule has 20 heavy (non-hydrogen) atoms. The van der Waals surface area contributed by atoms with Crippen LogP contribution >= 0.6 is 0 Å². The van der Waals surface area contributed by atoms with Gasteiger partial charge in [-0.2, -0.15) is 10.4 Å². The number of hydrogen-bond acceptors (Lipinski definition) is 5. The van der Waals surface area contributed by atoms with E-state index in [4.69, 9.17) is 0 Å². The molecule has 0 radical (unpaired) electrons. The van der Waals surface area contributed by atoms with Crippen LogP contribution in [0.3, 0.4) is 0 Å². The lowest BCUT2D eigenvalue weighted by atomic mass is 9.85. The van der Waals surface area contributed by atoms with Crippen molar-refractivity contribution < 1.29 is 9.90 Å². The van der Waals surface area contributed by atoms with Gasteiger partial charge in [0.15, 0.2) is 5.82 Å². The molecule has 1 aliphatic carbocycles.